The number of carbonyl (C=O) groups excluding carboxylic acids is 1. The lowest BCUT2D eigenvalue weighted by Gasteiger charge is -2.24. The zero-order valence-corrected chi connectivity index (χ0v) is 18.4. The summed E-state index contributed by atoms with van der Waals surface area (Å²) in [5.41, 5.74) is 0. The van der Waals surface area contributed by atoms with E-state index in [1.807, 2.05) is 18.2 Å². The number of halogens is 1. The number of carbonyl (C=O) groups is 1. The summed E-state index contributed by atoms with van der Waals surface area (Å²) in [5.74, 6) is 0.800. The van der Waals surface area contributed by atoms with Gasteiger partial charge < -0.3 is 24.8 Å². The highest BCUT2D eigenvalue weighted by molar-refractivity contribution is 9.10. The highest BCUT2D eigenvalue weighted by Gasteiger charge is 2.49. The van der Waals surface area contributed by atoms with E-state index < -0.39 is 0 Å². The minimum absolute atomic E-state index is 0.121. The van der Waals surface area contributed by atoms with Crippen LogP contribution in [-0.2, 0) is 9.47 Å². The maximum atomic E-state index is 12.4. The monoisotopic (exact) mass is 474 g/mol. The Morgan fingerprint density at radius 2 is 1.70 bits per heavy atom. The SMILES string of the molecule is O=C(NC1CCCCC1)N[C@H]1CO[C@H]2[C@@H]1OC[C@@H]2Oc1ccc2cc(Br)ccc2c1. The van der Waals surface area contributed by atoms with Gasteiger partial charge in [-0.2, -0.15) is 0 Å². The van der Waals surface area contributed by atoms with E-state index in [1.54, 1.807) is 0 Å². The predicted octanol–water partition coefficient (Wildman–Crippen LogP) is 4.15. The van der Waals surface area contributed by atoms with Crippen molar-refractivity contribution in [3.05, 3.63) is 40.9 Å². The number of hydrogen-bond donors (Lipinski definition) is 2. The Hall–Kier alpha value is -1.83. The van der Waals surface area contributed by atoms with E-state index in [0.29, 0.717) is 13.2 Å². The van der Waals surface area contributed by atoms with Gasteiger partial charge in [0.1, 0.15) is 18.0 Å². The summed E-state index contributed by atoms with van der Waals surface area (Å²) in [5, 5.41) is 8.43. The number of ether oxygens (including phenoxy) is 3. The average Bonchev–Trinajstić information content (AvgIpc) is 3.32. The molecule has 30 heavy (non-hydrogen) atoms. The Morgan fingerprint density at radius 3 is 2.57 bits per heavy atom. The molecular weight excluding hydrogens is 448 g/mol. The molecule has 1 aliphatic carbocycles. The minimum atomic E-state index is -0.184. The largest absolute Gasteiger partial charge is 0.485 e. The summed E-state index contributed by atoms with van der Waals surface area (Å²) in [7, 11) is 0. The molecule has 7 heteroatoms. The summed E-state index contributed by atoms with van der Waals surface area (Å²) in [6, 6.07) is 12.3. The van der Waals surface area contributed by atoms with E-state index >= 15 is 0 Å². The molecule has 2 saturated heterocycles. The van der Waals surface area contributed by atoms with Gasteiger partial charge in [0.05, 0.1) is 19.3 Å². The highest BCUT2D eigenvalue weighted by Crippen LogP contribution is 2.31. The average molecular weight is 475 g/mol. The van der Waals surface area contributed by atoms with Crippen LogP contribution in [0.4, 0.5) is 4.79 Å². The van der Waals surface area contributed by atoms with Crippen LogP contribution in [0.25, 0.3) is 10.8 Å². The first kappa shape index (κ1) is 20.1. The fourth-order valence-electron chi connectivity index (χ4n) is 4.77. The molecule has 0 unspecified atom stereocenters. The van der Waals surface area contributed by atoms with Crippen LogP contribution >= 0.6 is 15.9 Å². The molecule has 160 valence electrons. The minimum Gasteiger partial charge on any atom is -0.485 e. The third kappa shape index (κ3) is 4.29. The van der Waals surface area contributed by atoms with E-state index in [1.165, 1.54) is 19.3 Å². The number of urea groups is 1. The topological polar surface area (TPSA) is 68.8 Å². The molecule has 2 aromatic carbocycles. The van der Waals surface area contributed by atoms with Crippen LogP contribution < -0.4 is 15.4 Å². The van der Waals surface area contributed by atoms with Crippen LogP contribution in [0.5, 0.6) is 5.75 Å². The summed E-state index contributed by atoms with van der Waals surface area (Å²) < 4.78 is 19.2. The smallest absolute Gasteiger partial charge is 0.315 e. The zero-order chi connectivity index (χ0) is 20.5. The van der Waals surface area contributed by atoms with Gasteiger partial charge in [-0.05, 0) is 47.9 Å². The molecule has 1 saturated carbocycles. The Balaban J connectivity index is 1.18. The van der Waals surface area contributed by atoms with E-state index in [0.717, 1.165) is 33.8 Å². The Morgan fingerprint density at radius 1 is 0.933 bits per heavy atom. The number of hydrogen-bond acceptors (Lipinski definition) is 4. The van der Waals surface area contributed by atoms with E-state index in [-0.39, 0.29) is 36.4 Å². The molecule has 2 aromatic rings. The lowest BCUT2D eigenvalue weighted by atomic mass is 9.96. The molecule has 5 rings (SSSR count). The maximum Gasteiger partial charge on any atom is 0.315 e. The van der Waals surface area contributed by atoms with Gasteiger partial charge in [-0.1, -0.05) is 47.3 Å². The molecule has 0 bridgehead atoms. The van der Waals surface area contributed by atoms with Crippen LogP contribution in [-0.4, -0.2) is 49.6 Å². The predicted molar refractivity (Wildman–Crippen MR) is 118 cm³/mol. The number of nitrogens with one attached hydrogen (secondary N) is 2. The van der Waals surface area contributed by atoms with Gasteiger partial charge >= 0.3 is 6.03 Å². The molecular formula is C23H27BrN2O4. The van der Waals surface area contributed by atoms with E-state index in [2.05, 4.69) is 44.8 Å². The molecule has 2 amide bonds. The van der Waals surface area contributed by atoms with Crippen LogP contribution in [0.3, 0.4) is 0 Å². The second-order valence-electron chi connectivity index (χ2n) is 8.46. The quantitative estimate of drug-likeness (QED) is 0.698. The first-order valence-electron chi connectivity index (χ1n) is 10.8. The van der Waals surface area contributed by atoms with Gasteiger partial charge in [0.15, 0.2) is 6.10 Å². The van der Waals surface area contributed by atoms with Crippen molar-refractivity contribution in [1.82, 2.24) is 10.6 Å². The molecule has 3 fully saturated rings. The van der Waals surface area contributed by atoms with Crippen molar-refractivity contribution in [1.29, 1.82) is 0 Å². The standard InChI is InChI=1S/C23H27BrN2O4/c24-16-8-6-15-11-18(9-7-14(15)10-16)30-20-13-29-21-19(12-28-22(20)21)26-23(27)25-17-4-2-1-3-5-17/h6-11,17,19-22H,1-5,12-13H2,(H2,25,26,27)/t19-,20-,21+,22+/m0/s1. The van der Waals surface area contributed by atoms with Gasteiger partial charge in [0.2, 0.25) is 0 Å². The third-order valence-corrected chi connectivity index (χ3v) is 6.82. The van der Waals surface area contributed by atoms with Crippen LogP contribution in [0.15, 0.2) is 40.9 Å². The highest BCUT2D eigenvalue weighted by atomic mass is 79.9. The van der Waals surface area contributed by atoms with Gasteiger partial charge in [-0.25, -0.2) is 4.79 Å². The first-order valence-corrected chi connectivity index (χ1v) is 11.6. The summed E-state index contributed by atoms with van der Waals surface area (Å²) in [4.78, 5) is 12.4. The molecule has 3 aliphatic rings. The fourth-order valence-corrected chi connectivity index (χ4v) is 5.15. The number of benzene rings is 2. The van der Waals surface area contributed by atoms with Crippen molar-refractivity contribution in [2.24, 2.45) is 0 Å². The molecule has 0 radical (unpaired) electrons. The molecule has 2 N–H and O–H groups in total. The van der Waals surface area contributed by atoms with Crippen molar-refractivity contribution in [2.75, 3.05) is 13.2 Å². The summed E-state index contributed by atoms with van der Waals surface area (Å²) in [6.45, 7) is 0.898. The zero-order valence-electron chi connectivity index (χ0n) is 16.8. The molecule has 2 aliphatic heterocycles. The summed E-state index contributed by atoms with van der Waals surface area (Å²) in [6.07, 6.45) is 5.24. The van der Waals surface area contributed by atoms with Crippen molar-refractivity contribution in [2.45, 2.75) is 62.5 Å². The van der Waals surface area contributed by atoms with E-state index in [9.17, 15) is 4.79 Å². The van der Waals surface area contributed by atoms with Gasteiger partial charge in [0.25, 0.3) is 0 Å². The molecule has 0 aromatic heterocycles. The lowest BCUT2D eigenvalue weighted by Crippen LogP contribution is -2.51. The summed E-state index contributed by atoms with van der Waals surface area (Å²) >= 11 is 3.50. The fraction of sp³-hybridized carbons (Fsp3) is 0.522. The van der Waals surface area contributed by atoms with Crippen molar-refractivity contribution >= 4 is 32.7 Å². The maximum absolute atomic E-state index is 12.4. The molecule has 6 nitrogen and oxygen atoms in total. The normalized spacial score (nSPS) is 29.0. The molecule has 4 atom stereocenters. The second kappa shape index (κ2) is 8.73. The first-order chi connectivity index (χ1) is 14.7. The van der Waals surface area contributed by atoms with Gasteiger partial charge in [-0.3, -0.25) is 0 Å². The van der Waals surface area contributed by atoms with Crippen molar-refractivity contribution in [3.8, 4) is 5.75 Å². The Labute approximate surface area is 184 Å². The lowest BCUT2D eigenvalue weighted by molar-refractivity contribution is 0.0304. The number of rotatable bonds is 4. The molecule has 0 spiro atoms. The second-order valence-corrected chi connectivity index (χ2v) is 9.38. The van der Waals surface area contributed by atoms with Crippen molar-refractivity contribution in [3.63, 3.8) is 0 Å². The third-order valence-electron chi connectivity index (χ3n) is 6.33. The van der Waals surface area contributed by atoms with Crippen LogP contribution in [0.1, 0.15) is 32.1 Å². The van der Waals surface area contributed by atoms with E-state index in [4.69, 9.17) is 14.2 Å². The van der Waals surface area contributed by atoms with Crippen LogP contribution in [0.2, 0.25) is 0 Å². The Bertz CT molecular complexity index is 917. The van der Waals surface area contributed by atoms with Gasteiger partial charge in [0, 0.05) is 10.5 Å². The van der Waals surface area contributed by atoms with Gasteiger partial charge in [-0.15, -0.1) is 0 Å². The number of fused-ring (bicyclic) bond motifs is 2. The van der Waals surface area contributed by atoms with Crippen LogP contribution in [0, 0.1) is 0 Å². The Kier molecular flexibility index (Phi) is 5.85. The number of amides is 2. The molecule has 2 heterocycles. The van der Waals surface area contributed by atoms with Crippen molar-refractivity contribution < 1.29 is 19.0 Å².